The molecule has 0 bridgehead atoms. The van der Waals surface area contributed by atoms with Gasteiger partial charge in [-0.1, -0.05) is 29.8 Å². The summed E-state index contributed by atoms with van der Waals surface area (Å²) in [6.45, 7) is 2.26. The molecule has 2 aromatic carbocycles. The van der Waals surface area contributed by atoms with Crippen LogP contribution in [0.4, 0.5) is 5.69 Å². The van der Waals surface area contributed by atoms with Crippen LogP contribution in [0.5, 0.6) is 0 Å². The van der Waals surface area contributed by atoms with E-state index in [4.69, 9.17) is 16.7 Å². The number of hydrogen-bond acceptors (Lipinski definition) is 3. The van der Waals surface area contributed by atoms with Crippen molar-refractivity contribution >= 4 is 34.6 Å². The Morgan fingerprint density at radius 3 is 2.56 bits per heavy atom. The highest BCUT2D eigenvalue weighted by molar-refractivity contribution is 7.14. The van der Waals surface area contributed by atoms with Gasteiger partial charge in [-0.25, -0.2) is 4.79 Å². The molecule has 1 fully saturated rings. The maximum atomic E-state index is 11.1. The van der Waals surface area contributed by atoms with Gasteiger partial charge in [0.15, 0.2) is 0 Å². The molecule has 0 saturated carbocycles. The third-order valence-corrected chi connectivity index (χ3v) is 6.27. The molecule has 138 valence electrons. The van der Waals surface area contributed by atoms with Crippen molar-refractivity contribution in [1.29, 1.82) is 0 Å². The molecule has 27 heavy (non-hydrogen) atoms. The average molecular weight is 398 g/mol. The van der Waals surface area contributed by atoms with Crippen molar-refractivity contribution in [3.63, 3.8) is 0 Å². The first-order chi connectivity index (χ1) is 13.1. The van der Waals surface area contributed by atoms with E-state index in [0.29, 0.717) is 5.02 Å². The van der Waals surface area contributed by atoms with Crippen LogP contribution in [0, 0.1) is 0 Å². The molecule has 2 heterocycles. The standard InChI is InChI=1S/C22H20ClNO2S/c23-20-12-16(22(25)26)7-8-19(20)17-13-21(27-14-17)15-5-4-6-18(11-15)24-9-2-1-3-10-24/h4-8,11-14H,1-3,9-10H2,(H,25,26). The maximum Gasteiger partial charge on any atom is 0.335 e. The number of carboxylic acids is 1. The van der Waals surface area contributed by atoms with Crippen LogP contribution in [0.1, 0.15) is 29.6 Å². The van der Waals surface area contributed by atoms with Crippen molar-refractivity contribution in [2.75, 3.05) is 18.0 Å². The molecule has 4 rings (SSSR count). The summed E-state index contributed by atoms with van der Waals surface area (Å²) in [5, 5.41) is 11.6. The number of thiophene rings is 1. The Balaban J connectivity index is 1.62. The molecule has 0 unspecified atom stereocenters. The number of rotatable bonds is 4. The minimum atomic E-state index is -0.969. The molecule has 1 aliphatic heterocycles. The predicted octanol–water partition coefficient (Wildman–Crippen LogP) is 6.42. The van der Waals surface area contributed by atoms with E-state index in [1.807, 2.05) is 0 Å². The van der Waals surface area contributed by atoms with E-state index in [1.165, 1.54) is 41.5 Å². The Morgan fingerprint density at radius 1 is 1.00 bits per heavy atom. The second-order valence-electron chi connectivity index (χ2n) is 6.80. The van der Waals surface area contributed by atoms with Crippen LogP contribution in [-0.2, 0) is 0 Å². The molecule has 3 nitrogen and oxygen atoms in total. The van der Waals surface area contributed by atoms with Crippen LogP contribution in [0.25, 0.3) is 21.6 Å². The van der Waals surface area contributed by atoms with Gasteiger partial charge in [-0.15, -0.1) is 11.3 Å². The number of piperidine rings is 1. The average Bonchev–Trinajstić information content (AvgIpc) is 3.18. The smallest absolute Gasteiger partial charge is 0.335 e. The van der Waals surface area contributed by atoms with Crippen LogP contribution >= 0.6 is 22.9 Å². The zero-order valence-corrected chi connectivity index (χ0v) is 16.4. The van der Waals surface area contributed by atoms with Crippen molar-refractivity contribution in [3.8, 4) is 21.6 Å². The van der Waals surface area contributed by atoms with Gasteiger partial charge < -0.3 is 10.0 Å². The van der Waals surface area contributed by atoms with Gasteiger partial charge in [-0.05, 0) is 66.1 Å². The molecule has 3 aromatic rings. The van der Waals surface area contributed by atoms with Crippen LogP contribution < -0.4 is 4.90 Å². The number of hydrogen-bond donors (Lipinski definition) is 1. The summed E-state index contributed by atoms with van der Waals surface area (Å²) in [6.07, 6.45) is 3.85. The molecule has 0 atom stereocenters. The monoisotopic (exact) mass is 397 g/mol. The predicted molar refractivity (Wildman–Crippen MR) is 113 cm³/mol. The third-order valence-electron chi connectivity index (χ3n) is 4.98. The van der Waals surface area contributed by atoms with E-state index in [2.05, 4.69) is 40.6 Å². The minimum Gasteiger partial charge on any atom is -0.478 e. The molecule has 1 saturated heterocycles. The summed E-state index contributed by atoms with van der Waals surface area (Å²) >= 11 is 8.00. The van der Waals surface area contributed by atoms with E-state index >= 15 is 0 Å². The highest BCUT2D eigenvalue weighted by Crippen LogP contribution is 2.37. The molecule has 1 aromatic heterocycles. The lowest BCUT2D eigenvalue weighted by atomic mass is 10.0. The number of aromatic carboxylic acids is 1. The molecule has 0 radical (unpaired) electrons. The maximum absolute atomic E-state index is 11.1. The summed E-state index contributed by atoms with van der Waals surface area (Å²) in [5.74, 6) is -0.969. The Hall–Kier alpha value is -2.30. The van der Waals surface area contributed by atoms with E-state index in [9.17, 15) is 4.79 Å². The topological polar surface area (TPSA) is 40.5 Å². The summed E-state index contributed by atoms with van der Waals surface area (Å²) in [5.41, 5.74) is 4.56. The highest BCUT2D eigenvalue weighted by atomic mass is 35.5. The van der Waals surface area contributed by atoms with Gasteiger partial charge in [0, 0.05) is 34.2 Å². The third kappa shape index (κ3) is 3.87. The molecule has 0 spiro atoms. The van der Waals surface area contributed by atoms with Crippen molar-refractivity contribution in [2.45, 2.75) is 19.3 Å². The van der Waals surface area contributed by atoms with E-state index in [0.717, 1.165) is 24.2 Å². The second-order valence-corrected chi connectivity index (χ2v) is 8.12. The van der Waals surface area contributed by atoms with Crippen LogP contribution in [-0.4, -0.2) is 24.2 Å². The van der Waals surface area contributed by atoms with Crippen LogP contribution in [0.2, 0.25) is 5.02 Å². The zero-order chi connectivity index (χ0) is 18.8. The van der Waals surface area contributed by atoms with Gasteiger partial charge in [0.2, 0.25) is 0 Å². The van der Waals surface area contributed by atoms with E-state index in [-0.39, 0.29) is 5.56 Å². The normalized spacial score (nSPS) is 14.3. The highest BCUT2D eigenvalue weighted by Gasteiger charge is 2.14. The largest absolute Gasteiger partial charge is 0.478 e. The molecule has 0 aliphatic carbocycles. The summed E-state index contributed by atoms with van der Waals surface area (Å²) < 4.78 is 0. The Labute approximate surface area is 167 Å². The lowest BCUT2D eigenvalue weighted by molar-refractivity contribution is 0.0697. The van der Waals surface area contributed by atoms with Crippen LogP contribution in [0.15, 0.2) is 53.9 Å². The van der Waals surface area contributed by atoms with Gasteiger partial charge in [-0.2, -0.15) is 0 Å². The quantitative estimate of drug-likeness (QED) is 0.551. The van der Waals surface area contributed by atoms with Crippen molar-refractivity contribution in [2.24, 2.45) is 0 Å². The van der Waals surface area contributed by atoms with E-state index < -0.39 is 5.97 Å². The minimum absolute atomic E-state index is 0.202. The van der Waals surface area contributed by atoms with Gasteiger partial charge in [0.1, 0.15) is 0 Å². The fraction of sp³-hybridized carbons (Fsp3) is 0.227. The second kappa shape index (κ2) is 7.75. The molecule has 1 N–H and O–H groups in total. The molecule has 5 heteroatoms. The molecular formula is C22H20ClNO2S. The number of anilines is 1. The molecule has 1 aliphatic rings. The summed E-state index contributed by atoms with van der Waals surface area (Å²) in [6, 6.07) is 15.7. The van der Waals surface area contributed by atoms with Gasteiger partial charge in [0.05, 0.1) is 5.56 Å². The lowest BCUT2D eigenvalue weighted by Gasteiger charge is -2.29. The zero-order valence-electron chi connectivity index (χ0n) is 14.8. The number of nitrogens with zero attached hydrogens (tertiary/aromatic N) is 1. The van der Waals surface area contributed by atoms with Crippen molar-refractivity contribution in [3.05, 3.63) is 64.5 Å². The van der Waals surface area contributed by atoms with Gasteiger partial charge in [-0.3, -0.25) is 0 Å². The first-order valence-corrected chi connectivity index (χ1v) is 10.3. The van der Waals surface area contributed by atoms with Crippen LogP contribution in [0.3, 0.4) is 0 Å². The summed E-state index contributed by atoms with van der Waals surface area (Å²) in [7, 11) is 0. The number of carbonyl (C=O) groups is 1. The first kappa shape index (κ1) is 18.1. The van der Waals surface area contributed by atoms with Gasteiger partial charge in [0.25, 0.3) is 0 Å². The van der Waals surface area contributed by atoms with Gasteiger partial charge >= 0.3 is 5.97 Å². The molecular weight excluding hydrogens is 378 g/mol. The fourth-order valence-electron chi connectivity index (χ4n) is 3.52. The lowest BCUT2D eigenvalue weighted by Crippen LogP contribution is -2.29. The number of benzene rings is 2. The SMILES string of the molecule is O=C(O)c1ccc(-c2csc(-c3cccc(N4CCCCC4)c3)c2)c(Cl)c1. The number of halogens is 1. The van der Waals surface area contributed by atoms with Crippen molar-refractivity contribution in [1.82, 2.24) is 0 Å². The van der Waals surface area contributed by atoms with E-state index in [1.54, 1.807) is 23.5 Å². The van der Waals surface area contributed by atoms with Crippen molar-refractivity contribution < 1.29 is 9.90 Å². The Morgan fingerprint density at radius 2 is 1.81 bits per heavy atom. The summed E-state index contributed by atoms with van der Waals surface area (Å²) in [4.78, 5) is 14.7. The first-order valence-electron chi connectivity index (χ1n) is 9.09. The Bertz CT molecular complexity index is 976. The number of carboxylic acid groups (broad SMARTS) is 1. The fourth-order valence-corrected chi connectivity index (χ4v) is 4.72. The Kier molecular flexibility index (Phi) is 5.19. The molecule has 0 amide bonds.